The summed E-state index contributed by atoms with van der Waals surface area (Å²) in [6.45, 7) is 1.92. The predicted molar refractivity (Wildman–Crippen MR) is 59.1 cm³/mol. The van der Waals surface area contributed by atoms with Gasteiger partial charge in [-0.2, -0.15) is 10.2 Å². The molecule has 1 aromatic rings. The molecule has 0 saturated heterocycles. The topological polar surface area (TPSA) is 65.3 Å². The number of carboxylic acid groups (broad SMARTS) is 1. The van der Waals surface area contributed by atoms with E-state index in [1.807, 2.05) is 31.2 Å². The molecule has 16 heavy (non-hydrogen) atoms. The van der Waals surface area contributed by atoms with Crippen molar-refractivity contribution in [1.82, 2.24) is 0 Å². The van der Waals surface area contributed by atoms with Crippen molar-refractivity contribution < 1.29 is 9.90 Å². The summed E-state index contributed by atoms with van der Waals surface area (Å²) < 4.78 is 0. The van der Waals surface area contributed by atoms with Gasteiger partial charge in [-0.3, -0.25) is 0 Å². The van der Waals surface area contributed by atoms with Crippen molar-refractivity contribution in [3.05, 3.63) is 42.2 Å². The lowest BCUT2D eigenvalue weighted by atomic mass is 10.1. The Kier molecular flexibility index (Phi) is 2.68. The van der Waals surface area contributed by atoms with E-state index in [1.165, 1.54) is 6.20 Å². The molecule has 1 unspecified atom stereocenters. The molecule has 1 aromatic carbocycles. The van der Waals surface area contributed by atoms with E-state index in [-0.39, 0.29) is 0 Å². The number of benzene rings is 1. The fraction of sp³-hybridized carbons (Fsp3) is 0.182. The number of rotatable bonds is 2. The van der Waals surface area contributed by atoms with Crippen LogP contribution in [0.4, 0.5) is 5.69 Å². The second-order valence-corrected chi connectivity index (χ2v) is 3.43. The van der Waals surface area contributed by atoms with Gasteiger partial charge in [0.1, 0.15) is 0 Å². The van der Waals surface area contributed by atoms with Crippen molar-refractivity contribution in [1.29, 1.82) is 0 Å². The molecule has 0 aromatic heterocycles. The molecule has 0 amide bonds. The summed E-state index contributed by atoms with van der Waals surface area (Å²) in [5, 5.41) is 16.3. The second-order valence-electron chi connectivity index (χ2n) is 3.43. The Morgan fingerprint density at radius 3 is 2.88 bits per heavy atom. The van der Waals surface area contributed by atoms with E-state index in [1.54, 1.807) is 11.1 Å². The predicted octanol–water partition coefficient (Wildman–Crippen LogP) is 2.15. The van der Waals surface area contributed by atoms with E-state index in [9.17, 15) is 4.79 Å². The Hall–Kier alpha value is -2.17. The minimum absolute atomic E-state index is 0.824. The third kappa shape index (κ3) is 1.79. The molecule has 1 N–H and O–H groups in total. The van der Waals surface area contributed by atoms with Gasteiger partial charge >= 0.3 is 5.97 Å². The van der Waals surface area contributed by atoms with Crippen molar-refractivity contribution in [3.8, 4) is 0 Å². The third-order valence-electron chi connectivity index (χ3n) is 2.35. The molecule has 1 heterocycles. The first-order valence-corrected chi connectivity index (χ1v) is 4.83. The van der Waals surface area contributed by atoms with E-state index in [2.05, 4.69) is 10.2 Å². The minimum atomic E-state index is -1.02. The Morgan fingerprint density at radius 2 is 2.19 bits per heavy atom. The van der Waals surface area contributed by atoms with Gasteiger partial charge in [-0.05, 0) is 18.6 Å². The summed E-state index contributed by atoms with van der Waals surface area (Å²) in [4.78, 5) is 12.6. The van der Waals surface area contributed by atoms with Gasteiger partial charge in [0.2, 0.25) is 6.17 Å². The first-order chi connectivity index (χ1) is 7.70. The number of hydrogen-bond acceptors (Lipinski definition) is 4. The number of aliphatic carboxylic acids is 1. The fourth-order valence-electron chi connectivity index (χ4n) is 1.57. The van der Waals surface area contributed by atoms with Gasteiger partial charge in [-0.1, -0.05) is 18.2 Å². The monoisotopic (exact) mass is 217 g/mol. The molecule has 0 radical (unpaired) electrons. The lowest BCUT2D eigenvalue weighted by Gasteiger charge is -2.26. The molecule has 1 atom stereocenters. The van der Waals surface area contributed by atoms with Crippen LogP contribution in [0.15, 0.2) is 46.9 Å². The fourth-order valence-corrected chi connectivity index (χ4v) is 1.57. The Morgan fingerprint density at radius 1 is 1.44 bits per heavy atom. The smallest absolute Gasteiger partial charge is 0.351 e. The molecule has 2 rings (SSSR count). The van der Waals surface area contributed by atoms with Crippen molar-refractivity contribution in [2.24, 2.45) is 10.2 Å². The molecule has 5 nitrogen and oxygen atoms in total. The van der Waals surface area contributed by atoms with Crippen LogP contribution in [0.2, 0.25) is 0 Å². The summed E-state index contributed by atoms with van der Waals surface area (Å²) in [6.07, 6.45) is 2.12. The Labute approximate surface area is 92.7 Å². The number of anilines is 1. The highest BCUT2D eigenvalue weighted by molar-refractivity contribution is 5.79. The Bertz CT molecular complexity index is 468. The quantitative estimate of drug-likeness (QED) is 0.825. The highest BCUT2D eigenvalue weighted by atomic mass is 16.4. The van der Waals surface area contributed by atoms with Crippen molar-refractivity contribution in [2.45, 2.75) is 13.1 Å². The third-order valence-corrected chi connectivity index (χ3v) is 2.35. The first kappa shape index (κ1) is 10.4. The van der Waals surface area contributed by atoms with Crippen LogP contribution in [0.3, 0.4) is 0 Å². The summed E-state index contributed by atoms with van der Waals surface area (Å²) in [6, 6.07) is 7.55. The maximum absolute atomic E-state index is 11.0. The molecule has 1 aliphatic heterocycles. The second kappa shape index (κ2) is 4.14. The Balaban J connectivity index is 2.39. The number of nitrogens with zero attached hydrogens (tertiary/aromatic N) is 3. The summed E-state index contributed by atoms with van der Waals surface area (Å²) in [5.74, 6) is -1.02. The van der Waals surface area contributed by atoms with Gasteiger partial charge in [0, 0.05) is 11.9 Å². The van der Waals surface area contributed by atoms with Gasteiger partial charge in [0.15, 0.2) is 0 Å². The van der Waals surface area contributed by atoms with E-state index >= 15 is 0 Å². The molecule has 5 heteroatoms. The number of azo groups is 1. The maximum Gasteiger partial charge on any atom is 0.351 e. The minimum Gasteiger partial charge on any atom is -0.478 e. The van der Waals surface area contributed by atoms with Crippen molar-refractivity contribution in [3.63, 3.8) is 0 Å². The lowest BCUT2D eigenvalue weighted by molar-refractivity contribution is -0.138. The van der Waals surface area contributed by atoms with Crippen LogP contribution in [-0.2, 0) is 4.79 Å². The average Bonchev–Trinajstić information content (AvgIpc) is 2.29. The highest BCUT2D eigenvalue weighted by Crippen LogP contribution is 2.24. The average molecular weight is 217 g/mol. The molecule has 0 fully saturated rings. The molecular formula is C11H11N3O2. The standard InChI is InChI=1S/C11H11N3O2/c1-8-4-2-3-5-9(8)14-7-6-12-13-10(14)11(15)16/h2-7,10H,1H3,(H,15,16). The van der Waals surface area contributed by atoms with E-state index < -0.39 is 12.1 Å². The van der Waals surface area contributed by atoms with E-state index in [4.69, 9.17) is 5.11 Å². The summed E-state index contributed by atoms with van der Waals surface area (Å²) >= 11 is 0. The highest BCUT2D eigenvalue weighted by Gasteiger charge is 2.26. The number of para-hydroxylation sites is 1. The molecular weight excluding hydrogens is 206 g/mol. The van der Waals surface area contributed by atoms with E-state index in [0.29, 0.717) is 0 Å². The van der Waals surface area contributed by atoms with Gasteiger partial charge in [0.25, 0.3) is 0 Å². The number of hydrogen-bond donors (Lipinski definition) is 1. The van der Waals surface area contributed by atoms with Crippen LogP contribution in [0.1, 0.15) is 5.56 Å². The number of aryl methyl sites for hydroxylation is 1. The van der Waals surface area contributed by atoms with Gasteiger partial charge in [-0.25, -0.2) is 4.79 Å². The van der Waals surface area contributed by atoms with Gasteiger partial charge < -0.3 is 10.0 Å². The summed E-state index contributed by atoms with van der Waals surface area (Å²) in [7, 11) is 0. The van der Waals surface area contributed by atoms with Gasteiger partial charge in [-0.15, -0.1) is 0 Å². The van der Waals surface area contributed by atoms with Crippen LogP contribution < -0.4 is 4.90 Å². The molecule has 1 aliphatic rings. The lowest BCUT2D eigenvalue weighted by Crippen LogP contribution is -2.37. The van der Waals surface area contributed by atoms with Crippen LogP contribution in [0.5, 0.6) is 0 Å². The SMILES string of the molecule is Cc1ccccc1N1C=CN=NC1C(=O)O. The molecule has 0 spiro atoms. The summed E-state index contributed by atoms with van der Waals surface area (Å²) in [5.41, 5.74) is 1.82. The maximum atomic E-state index is 11.0. The molecule has 0 aliphatic carbocycles. The molecule has 0 bridgehead atoms. The van der Waals surface area contributed by atoms with E-state index in [0.717, 1.165) is 11.3 Å². The zero-order chi connectivity index (χ0) is 11.5. The number of carboxylic acids is 1. The zero-order valence-corrected chi connectivity index (χ0v) is 8.74. The largest absolute Gasteiger partial charge is 0.478 e. The van der Waals surface area contributed by atoms with Crippen LogP contribution in [-0.4, -0.2) is 17.2 Å². The van der Waals surface area contributed by atoms with Crippen LogP contribution in [0, 0.1) is 6.92 Å². The van der Waals surface area contributed by atoms with Gasteiger partial charge in [0.05, 0.1) is 6.20 Å². The van der Waals surface area contributed by atoms with Crippen LogP contribution >= 0.6 is 0 Å². The molecule has 82 valence electrons. The van der Waals surface area contributed by atoms with Crippen molar-refractivity contribution in [2.75, 3.05) is 4.90 Å². The van der Waals surface area contributed by atoms with Crippen molar-refractivity contribution >= 4 is 11.7 Å². The molecule has 0 saturated carbocycles. The first-order valence-electron chi connectivity index (χ1n) is 4.83. The number of carbonyl (C=O) groups is 1. The normalized spacial score (nSPS) is 18.8. The zero-order valence-electron chi connectivity index (χ0n) is 8.74. The van der Waals surface area contributed by atoms with Crippen LogP contribution in [0.25, 0.3) is 0 Å².